The molecule has 7 heteroatoms. The molecule has 136 valence electrons. The van der Waals surface area contributed by atoms with Crippen molar-refractivity contribution in [1.82, 2.24) is 9.80 Å². The van der Waals surface area contributed by atoms with Gasteiger partial charge in [-0.05, 0) is 18.2 Å². The van der Waals surface area contributed by atoms with Crippen LogP contribution in [0.3, 0.4) is 0 Å². The van der Waals surface area contributed by atoms with Crippen LogP contribution in [0.2, 0.25) is 0 Å². The summed E-state index contributed by atoms with van der Waals surface area (Å²) in [4.78, 5) is 16.9. The third kappa shape index (κ3) is 3.78. The normalized spacial score (nSPS) is 27.0. The number of hydrogen-bond acceptors (Lipinski definition) is 5. The Balaban J connectivity index is 1.34. The maximum Gasteiger partial charge on any atom is 0.264 e. The number of carbonyl (C=O) groups excluding carboxylic acids is 1. The average molecular weight is 350 g/mol. The van der Waals surface area contributed by atoms with E-state index in [0.29, 0.717) is 31.9 Å². The SMILES string of the molecule is O=C(C1Cc2cc(F)ccc2O1)N1CCOC(CN2CCOCC2)C1. The Bertz CT molecular complexity index is 636. The molecule has 2 atom stereocenters. The fraction of sp³-hybridized carbons (Fsp3) is 0.611. The number of carbonyl (C=O) groups is 1. The quantitative estimate of drug-likeness (QED) is 0.803. The molecule has 6 nitrogen and oxygen atoms in total. The summed E-state index contributed by atoms with van der Waals surface area (Å²) in [6.45, 7) is 5.80. The third-order valence-electron chi connectivity index (χ3n) is 4.99. The fourth-order valence-electron chi connectivity index (χ4n) is 3.66. The van der Waals surface area contributed by atoms with Crippen molar-refractivity contribution >= 4 is 5.91 Å². The lowest BCUT2D eigenvalue weighted by molar-refractivity contribution is -0.146. The molecule has 0 aromatic heterocycles. The van der Waals surface area contributed by atoms with Crippen molar-refractivity contribution in [2.24, 2.45) is 0 Å². The van der Waals surface area contributed by atoms with Gasteiger partial charge in [0.05, 0.1) is 25.9 Å². The average Bonchev–Trinajstić information content (AvgIpc) is 3.05. The molecule has 0 aliphatic carbocycles. The number of amides is 1. The fourth-order valence-corrected chi connectivity index (χ4v) is 3.66. The molecule has 2 fully saturated rings. The highest BCUT2D eigenvalue weighted by Crippen LogP contribution is 2.30. The minimum atomic E-state index is -0.557. The van der Waals surface area contributed by atoms with Gasteiger partial charge >= 0.3 is 0 Å². The van der Waals surface area contributed by atoms with Crippen LogP contribution in [0, 0.1) is 5.82 Å². The smallest absolute Gasteiger partial charge is 0.264 e. The van der Waals surface area contributed by atoms with Crippen LogP contribution in [-0.4, -0.2) is 80.5 Å². The number of halogens is 1. The van der Waals surface area contributed by atoms with Crippen molar-refractivity contribution in [3.63, 3.8) is 0 Å². The minimum Gasteiger partial charge on any atom is -0.480 e. The van der Waals surface area contributed by atoms with Crippen molar-refractivity contribution < 1.29 is 23.4 Å². The van der Waals surface area contributed by atoms with Crippen LogP contribution >= 0.6 is 0 Å². The molecule has 0 saturated carbocycles. The second-order valence-corrected chi connectivity index (χ2v) is 6.75. The topological polar surface area (TPSA) is 51.2 Å². The summed E-state index contributed by atoms with van der Waals surface area (Å²) in [7, 11) is 0. The molecule has 3 heterocycles. The zero-order chi connectivity index (χ0) is 17.2. The van der Waals surface area contributed by atoms with Crippen LogP contribution in [0.5, 0.6) is 5.75 Å². The maximum atomic E-state index is 13.3. The number of fused-ring (bicyclic) bond motifs is 1. The van der Waals surface area contributed by atoms with Crippen molar-refractivity contribution in [1.29, 1.82) is 0 Å². The van der Waals surface area contributed by atoms with Gasteiger partial charge < -0.3 is 19.1 Å². The van der Waals surface area contributed by atoms with Gasteiger partial charge in [0.15, 0.2) is 6.10 Å². The molecule has 0 bridgehead atoms. The van der Waals surface area contributed by atoms with Gasteiger partial charge in [-0.15, -0.1) is 0 Å². The Kier molecular flexibility index (Phi) is 4.87. The molecular weight excluding hydrogens is 327 g/mol. The molecule has 0 spiro atoms. The van der Waals surface area contributed by atoms with Crippen LogP contribution in [-0.2, 0) is 20.7 Å². The van der Waals surface area contributed by atoms with E-state index in [1.165, 1.54) is 12.1 Å². The van der Waals surface area contributed by atoms with Gasteiger partial charge in [0.1, 0.15) is 11.6 Å². The van der Waals surface area contributed by atoms with Crippen molar-refractivity contribution in [3.8, 4) is 5.75 Å². The van der Waals surface area contributed by atoms with Crippen molar-refractivity contribution in [3.05, 3.63) is 29.6 Å². The molecule has 2 saturated heterocycles. The van der Waals surface area contributed by atoms with Crippen LogP contribution in [0.1, 0.15) is 5.56 Å². The second-order valence-electron chi connectivity index (χ2n) is 6.75. The standard InChI is InChI=1S/C18H23FN2O4/c19-14-1-2-16-13(9-14)10-17(25-16)18(22)21-5-8-24-15(12-21)11-20-3-6-23-7-4-20/h1-2,9,15,17H,3-8,10-12H2. The number of ether oxygens (including phenoxy) is 3. The largest absolute Gasteiger partial charge is 0.480 e. The molecule has 2 unspecified atom stereocenters. The molecule has 0 radical (unpaired) electrons. The van der Waals surface area contributed by atoms with Crippen molar-refractivity contribution in [2.45, 2.75) is 18.6 Å². The molecule has 1 aromatic rings. The Morgan fingerprint density at radius 1 is 1.20 bits per heavy atom. The van der Waals surface area contributed by atoms with E-state index in [2.05, 4.69) is 4.90 Å². The van der Waals surface area contributed by atoms with Crippen LogP contribution in [0.4, 0.5) is 4.39 Å². The van der Waals surface area contributed by atoms with E-state index in [9.17, 15) is 9.18 Å². The van der Waals surface area contributed by atoms with Gasteiger partial charge in [0, 0.05) is 44.7 Å². The lowest BCUT2D eigenvalue weighted by atomic mass is 10.1. The molecule has 3 aliphatic heterocycles. The van der Waals surface area contributed by atoms with Gasteiger partial charge in [-0.1, -0.05) is 0 Å². The van der Waals surface area contributed by atoms with Gasteiger partial charge in [0.25, 0.3) is 5.91 Å². The van der Waals surface area contributed by atoms with Gasteiger partial charge in [-0.2, -0.15) is 0 Å². The van der Waals surface area contributed by atoms with Gasteiger partial charge in [-0.3, -0.25) is 9.69 Å². The summed E-state index contributed by atoms with van der Waals surface area (Å²) in [5.41, 5.74) is 0.761. The van der Waals surface area contributed by atoms with E-state index in [4.69, 9.17) is 14.2 Å². The number of morpholine rings is 2. The number of nitrogens with zero attached hydrogens (tertiary/aromatic N) is 2. The first-order chi connectivity index (χ1) is 12.2. The van der Waals surface area contributed by atoms with E-state index in [-0.39, 0.29) is 17.8 Å². The highest BCUT2D eigenvalue weighted by Gasteiger charge is 2.35. The lowest BCUT2D eigenvalue weighted by Gasteiger charge is -2.37. The van der Waals surface area contributed by atoms with Gasteiger partial charge in [0.2, 0.25) is 0 Å². The zero-order valence-electron chi connectivity index (χ0n) is 14.2. The monoisotopic (exact) mass is 350 g/mol. The molecule has 1 aromatic carbocycles. The Hall–Kier alpha value is -1.70. The van der Waals surface area contributed by atoms with Crippen LogP contribution < -0.4 is 4.74 Å². The van der Waals surface area contributed by atoms with E-state index >= 15 is 0 Å². The summed E-state index contributed by atoms with van der Waals surface area (Å²) in [5.74, 6) is 0.275. The summed E-state index contributed by atoms with van der Waals surface area (Å²) in [5, 5.41) is 0. The molecule has 25 heavy (non-hydrogen) atoms. The Labute approximate surface area is 146 Å². The second kappa shape index (κ2) is 7.27. The molecule has 3 aliphatic rings. The lowest BCUT2D eigenvalue weighted by Crippen LogP contribution is -2.53. The van der Waals surface area contributed by atoms with E-state index < -0.39 is 6.10 Å². The number of benzene rings is 1. The van der Waals surface area contributed by atoms with Crippen molar-refractivity contribution in [2.75, 3.05) is 52.5 Å². The molecule has 0 N–H and O–H groups in total. The predicted octanol–water partition coefficient (Wildman–Crippen LogP) is 0.689. The summed E-state index contributed by atoms with van der Waals surface area (Å²) in [6.07, 6.45) is -0.117. The third-order valence-corrected chi connectivity index (χ3v) is 4.99. The first-order valence-electron chi connectivity index (χ1n) is 8.84. The Morgan fingerprint density at radius 2 is 2.04 bits per heavy atom. The summed E-state index contributed by atoms with van der Waals surface area (Å²) >= 11 is 0. The van der Waals surface area contributed by atoms with Crippen LogP contribution in [0.15, 0.2) is 18.2 Å². The molecule has 1 amide bonds. The summed E-state index contributed by atoms with van der Waals surface area (Å²) < 4.78 is 30.3. The maximum absolute atomic E-state index is 13.3. The van der Waals surface area contributed by atoms with E-state index in [1.54, 1.807) is 6.07 Å². The number of hydrogen-bond donors (Lipinski definition) is 0. The zero-order valence-corrected chi connectivity index (χ0v) is 14.2. The number of rotatable bonds is 3. The summed E-state index contributed by atoms with van der Waals surface area (Å²) in [6, 6.07) is 4.40. The van der Waals surface area contributed by atoms with E-state index in [1.807, 2.05) is 4.90 Å². The van der Waals surface area contributed by atoms with Gasteiger partial charge in [-0.25, -0.2) is 4.39 Å². The van der Waals surface area contributed by atoms with E-state index in [0.717, 1.165) is 38.4 Å². The molecule has 4 rings (SSSR count). The molecular formula is C18H23FN2O4. The highest BCUT2D eigenvalue weighted by atomic mass is 19.1. The predicted molar refractivity (Wildman–Crippen MR) is 88.1 cm³/mol. The first-order valence-corrected chi connectivity index (χ1v) is 8.84. The minimum absolute atomic E-state index is 0.0111. The Morgan fingerprint density at radius 3 is 2.88 bits per heavy atom. The first kappa shape index (κ1) is 16.8. The highest BCUT2D eigenvalue weighted by molar-refractivity contribution is 5.82. The van der Waals surface area contributed by atoms with Crippen LogP contribution in [0.25, 0.3) is 0 Å².